The third-order valence-corrected chi connectivity index (χ3v) is 1.13. The Labute approximate surface area is 68.6 Å². The van der Waals surface area contributed by atoms with E-state index < -0.39 is 0 Å². The van der Waals surface area contributed by atoms with Crippen LogP contribution in [0.3, 0.4) is 0 Å². The van der Waals surface area contributed by atoms with Gasteiger partial charge in [-0.1, -0.05) is 20.8 Å². The molecule has 0 saturated heterocycles. The molecule has 0 radical (unpaired) electrons. The Hall–Kier alpha value is -0.570. The van der Waals surface area contributed by atoms with Crippen LogP contribution in [0.4, 0.5) is 0 Å². The summed E-state index contributed by atoms with van der Waals surface area (Å²) in [6, 6.07) is 0. The van der Waals surface area contributed by atoms with Gasteiger partial charge in [0.25, 0.3) is 6.47 Å². The summed E-state index contributed by atoms with van der Waals surface area (Å²) in [5.41, 5.74) is 5.81. The molecule has 0 fully saturated rings. The number of carboxylic acid groups (broad SMARTS) is 1. The molecule has 0 aromatic carbocycles. The van der Waals surface area contributed by atoms with Gasteiger partial charge in [-0.3, -0.25) is 4.79 Å². The maximum absolute atomic E-state index is 8.36. The van der Waals surface area contributed by atoms with Gasteiger partial charge in [-0.15, -0.1) is 0 Å². The molecule has 11 heavy (non-hydrogen) atoms. The molecule has 0 aliphatic heterocycles. The van der Waals surface area contributed by atoms with Crippen molar-refractivity contribution in [3.63, 3.8) is 0 Å². The molecule has 0 rings (SSSR count). The first kappa shape index (κ1) is 13.1. The molecule has 0 aliphatic carbocycles. The second-order valence-corrected chi connectivity index (χ2v) is 3.56. The largest absolute Gasteiger partial charge is 0.483 e. The van der Waals surface area contributed by atoms with Gasteiger partial charge in [0.2, 0.25) is 0 Å². The molecule has 3 N–H and O–H groups in total. The molecular weight excluding hydrogens is 142 g/mol. The van der Waals surface area contributed by atoms with Crippen LogP contribution in [0.2, 0.25) is 0 Å². The molecule has 0 aromatic rings. The standard InChI is InChI=1S/C7H17N.CH2O2/c1-7(2,3)5-4-6-8;2-1-3/h4-6,8H2,1-3H3;1H,(H,2,3). The fraction of sp³-hybridized carbons (Fsp3) is 0.875. The van der Waals surface area contributed by atoms with Gasteiger partial charge >= 0.3 is 0 Å². The van der Waals surface area contributed by atoms with Crippen molar-refractivity contribution >= 4 is 6.47 Å². The molecular formula is C8H19NO2. The Kier molecular flexibility index (Phi) is 8.94. The molecule has 0 atom stereocenters. The highest BCUT2D eigenvalue weighted by Gasteiger charge is 2.07. The number of carbonyl (C=O) groups is 1. The first-order chi connectivity index (χ1) is 4.97. The Morgan fingerprint density at radius 1 is 1.45 bits per heavy atom. The molecule has 0 aliphatic rings. The van der Waals surface area contributed by atoms with Crippen LogP contribution in [0.15, 0.2) is 0 Å². The first-order valence-corrected chi connectivity index (χ1v) is 3.76. The van der Waals surface area contributed by atoms with Crippen LogP contribution >= 0.6 is 0 Å². The SMILES string of the molecule is CC(C)(C)CCCN.O=CO. The lowest BCUT2D eigenvalue weighted by Crippen LogP contribution is -2.08. The average Bonchev–Trinajstić information content (AvgIpc) is 1.84. The Morgan fingerprint density at radius 2 is 1.82 bits per heavy atom. The van der Waals surface area contributed by atoms with Gasteiger partial charge in [0.05, 0.1) is 0 Å². The zero-order chi connectivity index (χ0) is 9.33. The van der Waals surface area contributed by atoms with E-state index in [1.165, 1.54) is 6.42 Å². The lowest BCUT2D eigenvalue weighted by atomic mass is 9.91. The Morgan fingerprint density at radius 3 is 1.91 bits per heavy atom. The predicted molar refractivity (Wildman–Crippen MR) is 46.4 cm³/mol. The van der Waals surface area contributed by atoms with Crippen LogP contribution in [0, 0.1) is 5.41 Å². The van der Waals surface area contributed by atoms with Gasteiger partial charge in [0.1, 0.15) is 0 Å². The van der Waals surface area contributed by atoms with Crippen LogP contribution in [-0.4, -0.2) is 18.1 Å². The van der Waals surface area contributed by atoms with Crippen LogP contribution < -0.4 is 5.73 Å². The second-order valence-electron chi connectivity index (χ2n) is 3.56. The van der Waals surface area contributed by atoms with E-state index in [1.54, 1.807) is 0 Å². The highest BCUT2D eigenvalue weighted by Crippen LogP contribution is 2.19. The summed E-state index contributed by atoms with van der Waals surface area (Å²) in [6.07, 6.45) is 2.40. The fourth-order valence-corrected chi connectivity index (χ4v) is 0.632. The molecule has 68 valence electrons. The maximum Gasteiger partial charge on any atom is 0.290 e. The zero-order valence-electron chi connectivity index (χ0n) is 7.63. The van der Waals surface area contributed by atoms with Crippen molar-refractivity contribution in [2.75, 3.05) is 6.54 Å². The second kappa shape index (κ2) is 7.54. The summed E-state index contributed by atoms with van der Waals surface area (Å²) >= 11 is 0. The summed E-state index contributed by atoms with van der Waals surface area (Å²) in [4.78, 5) is 8.36. The fourth-order valence-electron chi connectivity index (χ4n) is 0.632. The quantitative estimate of drug-likeness (QED) is 0.603. The normalized spacial score (nSPS) is 9.82. The highest BCUT2D eigenvalue weighted by molar-refractivity contribution is 5.32. The summed E-state index contributed by atoms with van der Waals surface area (Å²) in [5, 5.41) is 6.89. The van der Waals surface area contributed by atoms with Crippen molar-refractivity contribution in [2.45, 2.75) is 33.6 Å². The molecule has 0 aromatic heterocycles. The van der Waals surface area contributed by atoms with E-state index in [1.807, 2.05) is 0 Å². The summed E-state index contributed by atoms with van der Waals surface area (Å²) in [6.45, 7) is 7.30. The highest BCUT2D eigenvalue weighted by atomic mass is 16.3. The molecule has 0 spiro atoms. The lowest BCUT2D eigenvalue weighted by molar-refractivity contribution is -0.122. The van der Waals surface area contributed by atoms with Crippen LogP contribution in [-0.2, 0) is 4.79 Å². The number of hydrogen-bond donors (Lipinski definition) is 2. The molecule has 3 nitrogen and oxygen atoms in total. The van der Waals surface area contributed by atoms with Gasteiger partial charge < -0.3 is 10.8 Å². The van der Waals surface area contributed by atoms with E-state index in [0.717, 1.165) is 13.0 Å². The average molecular weight is 161 g/mol. The topological polar surface area (TPSA) is 63.3 Å². The van der Waals surface area contributed by atoms with Crippen molar-refractivity contribution in [2.24, 2.45) is 11.1 Å². The van der Waals surface area contributed by atoms with Gasteiger partial charge in [-0.25, -0.2) is 0 Å². The summed E-state index contributed by atoms with van der Waals surface area (Å²) in [7, 11) is 0. The minimum atomic E-state index is -0.250. The van der Waals surface area contributed by atoms with E-state index in [4.69, 9.17) is 15.6 Å². The summed E-state index contributed by atoms with van der Waals surface area (Å²) in [5.74, 6) is 0. The van der Waals surface area contributed by atoms with Crippen LogP contribution in [0.5, 0.6) is 0 Å². The lowest BCUT2D eigenvalue weighted by Gasteiger charge is -2.16. The Balaban J connectivity index is 0. The molecule has 0 bridgehead atoms. The number of rotatable bonds is 2. The van der Waals surface area contributed by atoms with Crippen molar-refractivity contribution in [1.82, 2.24) is 0 Å². The predicted octanol–water partition coefficient (Wildman–Crippen LogP) is 1.47. The van der Waals surface area contributed by atoms with Crippen molar-refractivity contribution in [1.29, 1.82) is 0 Å². The Bertz CT molecular complexity index is 86.6. The van der Waals surface area contributed by atoms with E-state index in [2.05, 4.69) is 20.8 Å². The van der Waals surface area contributed by atoms with E-state index in [-0.39, 0.29) is 6.47 Å². The molecule has 0 saturated carbocycles. The number of nitrogens with two attached hydrogens (primary N) is 1. The van der Waals surface area contributed by atoms with Crippen LogP contribution in [0.1, 0.15) is 33.6 Å². The summed E-state index contributed by atoms with van der Waals surface area (Å²) < 4.78 is 0. The van der Waals surface area contributed by atoms with Gasteiger partial charge in [0.15, 0.2) is 0 Å². The maximum atomic E-state index is 8.36. The molecule has 3 heteroatoms. The third kappa shape index (κ3) is 26.5. The first-order valence-electron chi connectivity index (χ1n) is 3.76. The zero-order valence-corrected chi connectivity index (χ0v) is 7.63. The van der Waals surface area contributed by atoms with Crippen molar-refractivity contribution in [3.05, 3.63) is 0 Å². The molecule has 0 unspecified atom stereocenters. The molecule has 0 amide bonds. The van der Waals surface area contributed by atoms with E-state index >= 15 is 0 Å². The van der Waals surface area contributed by atoms with E-state index in [0.29, 0.717) is 5.41 Å². The monoisotopic (exact) mass is 161 g/mol. The molecule has 0 heterocycles. The van der Waals surface area contributed by atoms with Crippen LogP contribution in [0.25, 0.3) is 0 Å². The smallest absolute Gasteiger partial charge is 0.290 e. The van der Waals surface area contributed by atoms with E-state index in [9.17, 15) is 0 Å². The van der Waals surface area contributed by atoms with Gasteiger partial charge in [-0.2, -0.15) is 0 Å². The van der Waals surface area contributed by atoms with Gasteiger partial charge in [0, 0.05) is 0 Å². The minimum Gasteiger partial charge on any atom is -0.483 e. The minimum absolute atomic E-state index is 0.250. The van der Waals surface area contributed by atoms with Crippen molar-refractivity contribution in [3.8, 4) is 0 Å². The number of hydrogen-bond acceptors (Lipinski definition) is 2. The van der Waals surface area contributed by atoms with Crippen molar-refractivity contribution < 1.29 is 9.90 Å². The van der Waals surface area contributed by atoms with Gasteiger partial charge in [-0.05, 0) is 24.8 Å². The third-order valence-electron chi connectivity index (χ3n) is 1.13.